The largest absolute Gasteiger partial charge is 0.325 e. The van der Waals surface area contributed by atoms with Crippen LogP contribution in [0.3, 0.4) is 0 Å². The molecular weight excluding hydrogens is 368 g/mol. The first-order chi connectivity index (χ1) is 12.8. The normalized spacial score (nSPS) is 19.1. The second kappa shape index (κ2) is 7.36. The lowest BCUT2D eigenvalue weighted by Gasteiger charge is -2.22. The predicted octanol–water partition coefficient (Wildman–Crippen LogP) is 2.70. The second-order valence-corrected chi connectivity index (χ2v) is 6.75. The molecule has 4 amide bonds. The minimum atomic E-state index is -1.37. The highest BCUT2D eigenvalue weighted by Gasteiger charge is 2.50. The van der Waals surface area contributed by atoms with Gasteiger partial charge in [-0.2, -0.15) is 0 Å². The van der Waals surface area contributed by atoms with E-state index in [4.69, 9.17) is 11.6 Å². The van der Waals surface area contributed by atoms with Crippen LogP contribution in [0.4, 0.5) is 10.5 Å². The van der Waals surface area contributed by atoms with Crippen LogP contribution in [0.15, 0.2) is 42.6 Å². The number of rotatable bonds is 5. The zero-order valence-electron chi connectivity index (χ0n) is 15.0. The Hall–Kier alpha value is -2.93. The Morgan fingerprint density at radius 3 is 2.78 bits per heavy atom. The van der Waals surface area contributed by atoms with Crippen LogP contribution < -0.4 is 10.6 Å². The molecule has 2 N–H and O–H groups in total. The third-order valence-corrected chi connectivity index (χ3v) is 4.79. The van der Waals surface area contributed by atoms with Gasteiger partial charge in [0.2, 0.25) is 5.91 Å². The lowest BCUT2D eigenvalue weighted by molar-refractivity contribution is -0.133. The van der Waals surface area contributed by atoms with Crippen molar-refractivity contribution in [2.75, 3.05) is 11.9 Å². The Balaban J connectivity index is 1.75. The van der Waals surface area contributed by atoms with Gasteiger partial charge in [0, 0.05) is 17.4 Å². The number of aryl methyl sites for hydroxylation is 1. The van der Waals surface area contributed by atoms with Gasteiger partial charge in [-0.1, -0.05) is 36.7 Å². The zero-order chi connectivity index (χ0) is 19.6. The highest BCUT2D eigenvalue weighted by Crippen LogP contribution is 2.32. The minimum Gasteiger partial charge on any atom is -0.325 e. The maximum absolute atomic E-state index is 12.9. The third-order valence-electron chi connectivity index (χ3n) is 4.49. The Morgan fingerprint density at radius 2 is 2.07 bits per heavy atom. The van der Waals surface area contributed by atoms with Crippen LogP contribution in [-0.2, 0) is 21.5 Å². The second-order valence-electron chi connectivity index (χ2n) is 6.39. The molecule has 1 saturated heterocycles. The quantitative estimate of drug-likeness (QED) is 0.610. The van der Waals surface area contributed by atoms with E-state index in [0.29, 0.717) is 11.3 Å². The van der Waals surface area contributed by atoms with Gasteiger partial charge in [-0.15, -0.1) is 0 Å². The number of pyridine rings is 1. The van der Waals surface area contributed by atoms with Crippen molar-refractivity contribution in [3.8, 4) is 0 Å². The molecule has 1 aliphatic heterocycles. The molecular formula is C19H19ClN4O3. The van der Waals surface area contributed by atoms with Crippen molar-refractivity contribution in [2.45, 2.75) is 25.8 Å². The molecule has 0 spiro atoms. The molecule has 8 heteroatoms. The number of anilines is 1. The summed E-state index contributed by atoms with van der Waals surface area (Å²) in [6.07, 6.45) is 2.33. The topological polar surface area (TPSA) is 91.4 Å². The number of imide groups is 1. The predicted molar refractivity (Wildman–Crippen MR) is 101 cm³/mol. The molecule has 2 aromatic rings. The molecule has 27 heavy (non-hydrogen) atoms. The van der Waals surface area contributed by atoms with Crippen LogP contribution >= 0.6 is 11.6 Å². The molecule has 2 heterocycles. The van der Waals surface area contributed by atoms with Crippen molar-refractivity contribution >= 4 is 35.1 Å². The highest BCUT2D eigenvalue weighted by atomic mass is 35.5. The lowest BCUT2D eigenvalue weighted by atomic mass is 9.93. The van der Waals surface area contributed by atoms with Gasteiger partial charge in [0.15, 0.2) is 0 Å². The highest BCUT2D eigenvalue weighted by molar-refractivity contribution is 6.30. The van der Waals surface area contributed by atoms with Crippen LogP contribution in [-0.4, -0.2) is 34.3 Å². The fourth-order valence-corrected chi connectivity index (χ4v) is 3.30. The van der Waals surface area contributed by atoms with Gasteiger partial charge in [-0.05, 0) is 37.1 Å². The Morgan fingerprint density at radius 1 is 1.30 bits per heavy atom. The molecule has 1 unspecified atom stereocenters. The van der Waals surface area contributed by atoms with Crippen LogP contribution in [0, 0.1) is 0 Å². The number of benzene rings is 1. The zero-order valence-corrected chi connectivity index (χ0v) is 15.7. The summed E-state index contributed by atoms with van der Waals surface area (Å²) in [6, 6.07) is 9.99. The van der Waals surface area contributed by atoms with E-state index in [1.165, 1.54) is 6.20 Å². The number of amides is 4. The number of carbonyl (C=O) groups is 3. The smallest absolute Gasteiger partial charge is 0.325 e. The van der Waals surface area contributed by atoms with Crippen molar-refractivity contribution in [1.82, 2.24) is 15.2 Å². The Labute approximate surface area is 161 Å². The van der Waals surface area contributed by atoms with Crippen molar-refractivity contribution in [2.24, 2.45) is 0 Å². The van der Waals surface area contributed by atoms with Crippen LogP contribution in [0.2, 0.25) is 5.15 Å². The van der Waals surface area contributed by atoms with Gasteiger partial charge in [-0.25, -0.2) is 9.78 Å². The van der Waals surface area contributed by atoms with Gasteiger partial charge in [0.25, 0.3) is 5.91 Å². The third kappa shape index (κ3) is 3.64. The Kier molecular flexibility index (Phi) is 5.14. The summed E-state index contributed by atoms with van der Waals surface area (Å²) in [4.78, 5) is 42.4. The van der Waals surface area contributed by atoms with Crippen molar-refractivity contribution < 1.29 is 14.4 Å². The Bertz CT molecular complexity index is 917. The van der Waals surface area contributed by atoms with Gasteiger partial charge in [-0.3, -0.25) is 14.5 Å². The van der Waals surface area contributed by atoms with Gasteiger partial charge in [0.05, 0.1) is 0 Å². The summed E-state index contributed by atoms with van der Waals surface area (Å²) in [6.45, 7) is 3.16. The molecule has 1 aromatic heterocycles. The number of carbonyl (C=O) groups excluding carboxylic acids is 3. The number of hydrogen-bond donors (Lipinski definition) is 2. The summed E-state index contributed by atoms with van der Waals surface area (Å²) < 4.78 is 0. The minimum absolute atomic E-state index is 0.122. The molecule has 0 saturated carbocycles. The van der Waals surface area contributed by atoms with Gasteiger partial charge < -0.3 is 10.6 Å². The number of halogens is 1. The van der Waals surface area contributed by atoms with Crippen molar-refractivity contribution in [1.29, 1.82) is 0 Å². The number of nitrogens with one attached hydrogen (secondary N) is 2. The van der Waals surface area contributed by atoms with E-state index in [2.05, 4.69) is 15.6 Å². The van der Waals surface area contributed by atoms with Crippen molar-refractivity contribution in [3.63, 3.8) is 0 Å². The molecule has 1 fully saturated rings. The fraction of sp³-hybridized carbons (Fsp3) is 0.263. The number of aromatic nitrogens is 1. The van der Waals surface area contributed by atoms with E-state index < -0.39 is 29.9 Å². The molecule has 1 aliphatic rings. The maximum atomic E-state index is 12.9. The van der Waals surface area contributed by atoms with E-state index in [1.807, 2.05) is 25.1 Å². The van der Waals surface area contributed by atoms with Crippen LogP contribution in [0.25, 0.3) is 0 Å². The maximum Gasteiger partial charge on any atom is 0.325 e. The molecule has 140 valence electrons. The summed E-state index contributed by atoms with van der Waals surface area (Å²) in [7, 11) is 0. The first kappa shape index (κ1) is 18.8. The molecule has 1 atom stereocenters. The molecule has 0 aliphatic carbocycles. The fourth-order valence-electron chi connectivity index (χ4n) is 3.00. The van der Waals surface area contributed by atoms with Crippen LogP contribution in [0.5, 0.6) is 0 Å². The first-order valence-electron chi connectivity index (χ1n) is 8.49. The first-order valence-corrected chi connectivity index (χ1v) is 8.87. The molecule has 3 rings (SSSR count). The standard InChI is InChI=1S/C19H19ClN4O3/c1-3-12-6-4-7-13(10-12)22-15(25)11-24-17(26)19(2,23-18(24)27)14-8-5-9-21-16(14)20/h4-10H,3,11H2,1-2H3,(H,22,25)(H,23,27). The monoisotopic (exact) mass is 386 g/mol. The molecule has 0 bridgehead atoms. The SMILES string of the molecule is CCc1cccc(NC(=O)CN2C(=O)NC(C)(c3cccnc3Cl)C2=O)c1. The summed E-state index contributed by atoms with van der Waals surface area (Å²) in [5.74, 6) is -1.02. The van der Waals surface area contributed by atoms with E-state index in [-0.39, 0.29) is 5.15 Å². The van der Waals surface area contributed by atoms with E-state index in [9.17, 15) is 14.4 Å². The average Bonchev–Trinajstić information content (AvgIpc) is 2.86. The van der Waals surface area contributed by atoms with Gasteiger partial charge >= 0.3 is 6.03 Å². The number of hydrogen-bond acceptors (Lipinski definition) is 4. The average molecular weight is 387 g/mol. The van der Waals surface area contributed by atoms with Crippen molar-refractivity contribution in [3.05, 3.63) is 58.9 Å². The number of nitrogens with zero attached hydrogens (tertiary/aromatic N) is 2. The van der Waals surface area contributed by atoms with Crippen LogP contribution in [0.1, 0.15) is 25.0 Å². The molecule has 0 radical (unpaired) electrons. The summed E-state index contributed by atoms with van der Waals surface area (Å²) >= 11 is 6.08. The molecule has 7 nitrogen and oxygen atoms in total. The van der Waals surface area contributed by atoms with Gasteiger partial charge in [0.1, 0.15) is 17.2 Å². The van der Waals surface area contributed by atoms with E-state index in [0.717, 1.165) is 16.9 Å². The molecule has 1 aromatic carbocycles. The summed E-state index contributed by atoms with van der Waals surface area (Å²) in [5, 5.41) is 5.44. The van der Waals surface area contributed by atoms with E-state index >= 15 is 0 Å². The lowest BCUT2D eigenvalue weighted by Crippen LogP contribution is -2.42. The number of urea groups is 1. The van der Waals surface area contributed by atoms with E-state index in [1.54, 1.807) is 25.1 Å². The summed E-state index contributed by atoms with van der Waals surface area (Å²) in [5.41, 5.74) is 0.694.